The van der Waals surface area contributed by atoms with Crippen molar-refractivity contribution in [1.82, 2.24) is 20.3 Å². The third-order valence-corrected chi connectivity index (χ3v) is 2.84. The Balaban J connectivity index is 2.01. The van der Waals surface area contributed by atoms with Gasteiger partial charge in [-0.15, -0.1) is 5.10 Å². The predicted molar refractivity (Wildman–Crippen MR) is 62.6 cm³/mol. The van der Waals surface area contributed by atoms with Crippen LogP contribution in [0, 0.1) is 11.6 Å². The second-order valence-electron chi connectivity index (χ2n) is 4.13. The average molecular weight is 252 g/mol. The number of rotatable bonds is 4. The van der Waals surface area contributed by atoms with Crippen molar-refractivity contribution in [3.8, 4) is 0 Å². The van der Waals surface area contributed by atoms with E-state index in [1.165, 1.54) is 6.07 Å². The largest absolute Gasteiger partial charge is 0.305 e. The predicted octanol–water partition coefficient (Wildman–Crippen LogP) is 1.94. The topological polar surface area (TPSA) is 42.7 Å². The molecule has 0 fully saturated rings. The molecule has 96 valence electrons. The molecule has 0 aliphatic carbocycles. The Morgan fingerprint density at radius 1 is 1.33 bits per heavy atom. The van der Waals surface area contributed by atoms with E-state index in [1.54, 1.807) is 24.0 Å². The van der Waals surface area contributed by atoms with Crippen LogP contribution in [-0.2, 0) is 13.6 Å². The molecule has 0 spiro atoms. The molecule has 0 bridgehead atoms. The van der Waals surface area contributed by atoms with Gasteiger partial charge in [-0.1, -0.05) is 11.3 Å². The van der Waals surface area contributed by atoms with Crippen molar-refractivity contribution in [2.75, 3.05) is 0 Å². The Hall–Kier alpha value is -1.82. The molecule has 0 unspecified atom stereocenters. The van der Waals surface area contributed by atoms with Gasteiger partial charge in [-0.25, -0.2) is 8.78 Å². The summed E-state index contributed by atoms with van der Waals surface area (Å²) >= 11 is 0. The molecule has 1 aromatic heterocycles. The number of aryl methyl sites for hydroxylation is 1. The first-order valence-electron chi connectivity index (χ1n) is 5.60. The maximum Gasteiger partial charge on any atom is 0.159 e. The van der Waals surface area contributed by atoms with Crippen LogP contribution in [0.1, 0.15) is 24.2 Å². The van der Waals surface area contributed by atoms with Gasteiger partial charge in [-0.05, 0) is 24.6 Å². The number of nitrogens with zero attached hydrogens (tertiary/aromatic N) is 3. The lowest BCUT2D eigenvalue weighted by atomic mass is 10.1. The summed E-state index contributed by atoms with van der Waals surface area (Å²) in [6.07, 6.45) is 1.66. The SMILES string of the molecule is C[C@@H](NCc1cnnn1C)c1ccc(F)c(F)c1. The van der Waals surface area contributed by atoms with E-state index < -0.39 is 11.6 Å². The van der Waals surface area contributed by atoms with Crippen molar-refractivity contribution < 1.29 is 8.78 Å². The lowest BCUT2D eigenvalue weighted by Crippen LogP contribution is -2.20. The van der Waals surface area contributed by atoms with Crippen LogP contribution in [0.4, 0.5) is 8.78 Å². The fourth-order valence-corrected chi connectivity index (χ4v) is 1.63. The molecule has 0 aliphatic rings. The fourth-order valence-electron chi connectivity index (χ4n) is 1.63. The summed E-state index contributed by atoms with van der Waals surface area (Å²) in [4.78, 5) is 0. The van der Waals surface area contributed by atoms with E-state index in [0.717, 1.165) is 11.8 Å². The molecule has 0 saturated carbocycles. The Bertz CT molecular complexity index is 539. The zero-order chi connectivity index (χ0) is 13.1. The molecule has 0 radical (unpaired) electrons. The van der Waals surface area contributed by atoms with Crippen LogP contribution in [0.5, 0.6) is 0 Å². The van der Waals surface area contributed by atoms with Crippen molar-refractivity contribution in [2.24, 2.45) is 7.05 Å². The van der Waals surface area contributed by atoms with Gasteiger partial charge in [0, 0.05) is 19.6 Å². The van der Waals surface area contributed by atoms with Crippen LogP contribution in [-0.4, -0.2) is 15.0 Å². The third-order valence-electron chi connectivity index (χ3n) is 2.84. The molecule has 0 aliphatic heterocycles. The number of aromatic nitrogens is 3. The van der Waals surface area contributed by atoms with Gasteiger partial charge in [0.15, 0.2) is 11.6 Å². The first-order valence-corrected chi connectivity index (χ1v) is 5.60. The molecule has 0 saturated heterocycles. The third kappa shape index (κ3) is 2.70. The molecule has 2 rings (SSSR count). The van der Waals surface area contributed by atoms with Crippen molar-refractivity contribution in [2.45, 2.75) is 19.5 Å². The second-order valence-corrected chi connectivity index (χ2v) is 4.13. The summed E-state index contributed by atoms with van der Waals surface area (Å²) in [6, 6.07) is 3.82. The van der Waals surface area contributed by atoms with E-state index in [4.69, 9.17) is 0 Å². The standard InChI is InChI=1S/C12H14F2N4/c1-8(9-3-4-11(13)12(14)5-9)15-6-10-7-16-17-18(10)2/h3-5,7-8,15H,6H2,1-2H3/t8-/m1/s1. The van der Waals surface area contributed by atoms with Gasteiger partial charge < -0.3 is 5.32 Å². The van der Waals surface area contributed by atoms with Crippen molar-refractivity contribution >= 4 is 0 Å². The smallest absolute Gasteiger partial charge is 0.159 e. The number of benzene rings is 1. The normalized spacial score (nSPS) is 12.7. The van der Waals surface area contributed by atoms with Crippen LogP contribution in [0.3, 0.4) is 0 Å². The van der Waals surface area contributed by atoms with E-state index in [9.17, 15) is 8.78 Å². The molecule has 1 heterocycles. The maximum absolute atomic E-state index is 13.1. The van der Waals surface area contributed by atoms with Gasteiger partial charge in [-0.2, -0.15) is 0 Å². The average Bonchev–Trinajstić information content (AvgIpc) is 2.75. The second kappa shape index (κ2) is 5.22. The highest BCUT2D eigenvalue weighted by Crippen LogP contribution is 2.16. The first kappa shape index (κ1) is 12.6. The van der Waals surface area contributed by atoms with Crippen LogP contribution in [0.25, 0.3) is 0 Å². The van der Waals surface area contributed by atoms with Crippen LogP contribution in [0.15, 0.2) is 24.4 Å². The van der Waals surface area contributed by atoms with E-state index in [0.29, 0.717) is 12.1 Å². The molecule has 4 nitrogen and oxygen atoms in total. The minimum absolute atomic E-state index is 0.0880. The summed E-state index contributed by atoms with van der Waals surface area (Å²) in [7, 11) is 1.80. The van der Waals surface area contributed by atoms with Crippen LogP contribution in [0.2, 0.25) is 0 Å². The van der Waals surface area contributed by atoms with E-state index >= 15 is 0 Å². The van der Waals surface area contributed by atoms with E-state index in [2.05, 4.69) is 15.6 Å². The molecular weight excluding hydrogens is 238 g/mol. The fraction of sp³-hybridized carbons (Fsp3) is 0.333. The number of hydrogen-bond acceptors (Lipinski definition) is 3. The Morgan fingerprint density at radius 2 is 2.11 bits per heavy atom. The summed E-state index contributed by atoms with van der Waals surface area (Å²) in [5.74, 6) is -1.66. The number of halogens is 2. The highest BCUT2D eigenvalue weighted by Gasteiger charge is 2.09. The number of nitrogens with one attached hydrogen (secondary N) is 1. The van der Waals surface area contributed by atoms with Gasteiger partial charge >= 0.3 is 0 Å². The minimum atomic E-state index is -0.832. The molecule has 1 N–H and O–H groups in total. The molecule has 0 amide bonds. The number of hydrogen-bond donors (Lipinski definition) is 1. The highest BCUT2D eigenvalue weighted by molar-refractivity contribution is 5.20. The summed E-state index contributed by atoms with van der Waals surface area (Å²) < 4.78 is 27.6. The monoisotopic (exact) mass is 252 g/mol. The molecular formula is C12H14F2N4. The van der Waals surface area contributed by atoms with E-state index in [-0.39, 0.29) is 6.04 Å². The minimum Gasteiger partial charge on any atom is -0.305 e. The van der Waals surface area contributed by atoms with Crippen molar-refractivity contribution in [1.29, 1.82) is 0 Å². The zero-order valence-electron chi connectivity index (χ0n) is 10.2. The van der Waals surface area contributed by atoms with Gasteiger partial charge in [0.1, 0.15) is 0 Å². The summed E-state index contributed by atoms with van der Waals surface area (Å²) in [5, 5.41) is 10.8. The lowest BCUT2D eigenvalue weighted by Gasteiger charge is -2.14. The van der Waals surface area contributed by atoms with E-state index in [1.807, 2.05) is 6.92 Å². The van der Waals surface area contributed by atoms with Gasteiger partial charge in [0.2, 0.25) is 0 Å². The molecule has 6 heteroatoms. The van der Waals surface area contributed by atoms with Gasteiger partial charge in [0.25, 0.3) is 0 Å². The van der Waals surface area contributed by atoms with Gasteiger partial charge in [-0.3, -0.25) is 4.68 Å². The zero-order valence-corrected chi connectivity index (χ0v) is 10.2. The van der Waals surface area contributed by atoms with Gasteiger partial charge in [0.05, 0.1) is 11.9 Å². The quantitative estimate of drug-likeness (QED) is 0.904. The molecule has 1 atom stereocenters. The Morgan fingerprint density at radius 3 is 2.72 bits per heavy atom. The molecule has 18 heavy (non-hydrogen) atoms. The van der Waals surface area contributed by atoms with Crippen LogP contribution < -0.4 is 5.32 Å². The lowest BCUT2D eigenvalue weighted by molar-refractivity contribution is 0.498. The van der Waals surface area contributed by atoms with Crippen molar-refractivity contribution in [3.05, 3.63) is 47.3 Å². The maximum atomic E-state index is 13.1. The first-order chi connectivity index (χ1) is 8.58. The summed E-state index contributed by atoms with van der Waals surface area (Å²) in [5.41, 5.74) is 1.62. The van der Waals surface area contributed by atoms with Crippen LogP contribution >= 0.6 is 0 Å². The highest BCUT2D eigenvalue weighted by atomic mass is 19.2. The van der Waals surface area contributed by atoms with Crippen molar-refractivity contribution in [3.63, 3.8) is 0 Å². The molecule has 1 aromatic carbocycles. The summed E-state index contributed by atoms with van der Waals surface area (Å²) in [6.45, 7) is 2.44. The molecule has 2 aromatic rings. The Labute approximate surface area is 104 Å². The Kier molecular flexibility index (Phi) is 3.66.